The molecule has 8 nitrogen and oxygen atoms in total. The van der Waals surface area contributed by atoms with E-state index in [1.807, 2.05) is 0 Å². The van der Waals surface area contributed by atoms with E-state index >= 15 is 0 Å². The first-order valence-corrected chi connectivity index (χ1v) is 11.1. The summed E-state index contributed by atoms with van der Waals surface area (Å²) in [4.78, 5) is 12.8. The quantitative estimate of drug-likeness (QED) is 0.508. The minimum atomic E-state index is -3.78. The summed E-state index contributed by atoms with van der Waals surface area (Å²) in [5.74, 6) is -0.123. The number of nitrogens with zero attached hydrogens (tertiary/aromatic N) is 5. The average Bonchev–Trinajstić information content (AvgIpc) is 3.06. The number of hydrogen-bond acceptors (Lipinski definition) is 6. The Balaban J connectivity index is 1.94. The van der Waals surface area contributed by atoms with Gasteiger partial charge in [-0.3, -0.25) is 9.55 Å². The van der Waals surface area contributed by atoms with Crippen molar-refractivity contribution in [3.63, 3.8) is 0 Å². The van der Waals surface area contributed by atoms with Gasteiger partial charge in [0, 0.05) is 23.3 Å². The van der Waals surface area contributed by atoms with Crippen LogP contribution in [0.5, 0.6) is 0 Å². The SMILES string of the molecule is CC(C)(C)NS(=O)(=O)c1ccc(-c2c(C#N)c3cc(F)cnc3n2-c2ccccn2)nc1. The smallest absolute Gasteiger partial charge is 0.242 e. The summed E-state index contributed by atoms with van der Waals surface area (Å²) in [6.45, 7) is 5.22. The fourth-order valence-electron chi connectivity index (χ4n) is 3.35. The summed E-state index contributed by atoms with van der Waals surface area (Å²) in [6.07, 6.45) is 3.87. The molecule has 0 fully saturated rings. The molecule has 32 heavy (non-hydrogen) atoms. The van der Waals surface area contributed by atoms with Crippen LogP contribution in [-0.4, -0.2) is 33.5 Å². The van der Waals surface area contributed by atoms with Gasteiger partial charge < -0.3 is 0 Å². The molecule has 0 unspecified atom stereocenters. The highest BCUT2D eigenvalue weighted by Gasteiger charge is 2.25. The molecule has 162 valence electrons. The number of sulfonamides is 1. The van der Waals surface area contributed by atoms with Crippen LogP contribution < -0.4 is 4.72 Å². The average molecular weight is 450 g/mol. The first kappa shape index (κ1) is 21.5. The summed E-state index contributed by atoms with van der Waals surface area (Å²) in [5, 5.41) is 10.2. The second kappa shape index (κ2) is 7.78. The van der Waals surface area contributed by atoms with E-state index in [-0.39, 0.29) is 10.5 Å². The van der Waals surface area contributed by atoms with Gasteiger partial charge in [0.15, 0.2) is 0 Å². The van der Waals surface area contributed by atoms with Crippen LogP contribution in [-0.2, 0) is 10.0 Å². The van der Waals surface area contributed by atoms with Crippen LogP contribution in [0.3, 0.4) is 0 Å². The van der Waals surface area contributed by atoms with Gasteiger partial charge in [0.1, 0.15) is 28.2 Å². The van der Waals surface area contributed by atoms with E-state index in [1.165, 1.54) is 24.4 Å². The van der Waals surface area contributed by atoms with Gasteiger partial charge in [0.25, 0.3) is 0 Å². The Morgan fingerprint density at radius 3 is 2.47 bits per heavy atom. The summed E-state index contributed by atoms with van der Waals surface area (Å²) in [7, 11) is -3.78. The molecule has 0 atom stereocenters. The van der Waals surface area contributed by atoms with Gasteiger partial charge in [-0.05, 0) is 51.1 Å². The van der Waals surface area contributed by atoms with Crippen molar-refractivity contribution in [3.05, 3.63) is 66.4 Å². The molecular weight excluding hydrogens is 431 g/mol. The van der Waals surface area contributed by atoms with Gasteiger partial charge >= 0.3 is 0 Å². The number of nitrogens with one attached hydrogen (secondary N) is 1. The predicted octanol–water partition coefficient (Wildman–Crippen LogP) is 3.57. The lowest BCUT2D eigenvalue weighted by molar-refractivity contribution is 0.491. The highest BCUT2D eigenvalue weighted by molar-refractivity contribution is 7.89. The molecule has 0 aliphatic heterocycles. The van der Waals surface area contributed by atoms with Gasteiger partial charge in [-0.1, -0.05) is 6.07 Å². The molecule has 0 saturated carbocycles. The van der Waals surface area contributed by atoms with E-state index in [1.54, 1.807) is 49.7 Å². The number of nitriles is 1. The van der Waals surface area contributed by atoms with E-state index in [0.717, 1.165) is 6.20 Å². The minimum absolute atomic E-state index is 0.0145. The van der Waals surface area contributed by atoms with Gasteiger partial charge in [0.05, 0.1) is 23.1 Å². The van der Waals surface area contributed by atoms with Crippen molar-refractivity contribution in [2.24, 2.45) is 0 Å². The topological polar surface area (TPSA) is 114 Å². The number of fused-ring (bicyclic) bond motifs is 1. The normalized spacial score (nSPS) is 12.1. The molecule has 0 bridgehead atoms. The number of aromatic nitrogens is 4. The molecular formula is C22H19FN6O2S. The van der Waals surface area contributed by atoms with E-state index in [9.17, 15) is 18.1 Å². The van der Waals surface area contributed by atoms with Crippen molar-refractivity contribution in [2.75, 3.05) is 0 Å². The second-order valence-corrected chi connectivity index (χ2v) is 9.80. The van der Waals surface area contributed by atoms with Crippen molar-refractivity contribution < 1.29 is 12.8 Å². The monoisotopic (exact) mass is 450 g/mol. The minimum Gasteiger partial charge on any atom is -0.275 e. The number of halogens is 1. The predicted molar refractivity (Wildman–Crippen MR) is 117 cm³/mol. The Kier molecular flexibility index (Phi) is 5.24. The third-order valence-electron chi connectivity index (χ3n) is 4.49. The van der Waals surface area contributed by atoms with E-state index in [0.29, 0.717) is 28.2 Å². The van der Waals surface area contributed by atoms with Crippen LogP contribution in [0.1, 0.15) is 26.3 Å². The van der Waals surface area contributed by atoms with Crippen LogP contribution in [0.15, 0.2) is 59.9 Å². The van der Waals surface area contributed by atoms with Crippen molar-refractivity contribution in [2.45, 2.75) is 31.2 Å². The molecule has 10 heteroatoms. The van der Waals surface area contributed by atoms with Crippen molar-refractivity contribution in [1.29, 1.82) is 5.26 Å². The standard InChI is InChI=1S/C22H19FN6O2S/c1-22(2,3)28-32(30,31)15-7-8-18(26-13-15)20-17(11-24)16-10-14(23)12-27-21(16)29(20)19-6-4-5-9-25-19/h4-10,12-13,28H,1-3H3. The highest BCUT2D eigenvalue weighted by atomic mass is 32.2. The summed E-state index contributed by atoms with van der Waals surface area (Å²) in [5.41, 5.74) is 0.498. The fourth-order valence-corrected chi connectivity index (χ4v) is 4.71. The van der Waals surface area contributed by atoms with Gasteiger partial charge in [-0.2, -0.15) is 5.26 Å². The zero-order valence-corrected chi connectivity index (χ0v) is 18.4. The third kappa shape index (κ3) is 3.95. The molecule has 0 amide bonds. The van der Waals surface area contributed by atoms with Crippen molar-refractivity contribution in [3.8, 4) is 23.3 Å². The lowest BCUT2D eigenvalue weighted by Crippen LogP contribution is -2.40. The molecule has 0 aliphatic rings. The molecule has 0 spiro atoms. The molecule has 4 heterocycles. The number of pyridine rings is 3. The van der Waals surface area contributed by atoms with Gasteiger partial charge in [-0.25, -0.2) is 27.5 Å². The Bertz CT molecular complexity index is 1450. The number of hydrogen-bond donors (Lipinski definition) is 1. The molecule has 0 saturated heterocycles. The largest absolute Gasteiger partial charge is 0.275 e. The molecule has 4 aromatic rings. The second-order valence-electron chi connectivity index (χ2n) is 8.12. The maximum absolute atomic E-state index is 13.9. The molecule has 0 radical (unpaired) electrons. The summed E-state index contributed by atoms with van der Waals surface area (Å²) < 4.78 is 43.3. The van der Waals surface area contributed by atoms with Crippen LogP contribution in [0.4, 0.5) is 4.39 Å². The van der Waals surface area contributed by atoms with Crippen molar-refractivity contribution >= 4 is 21.1 Å². The van der Waals surface area contributed by atoms with Crippen LogP contribution >= 0.6 is 0 Å². The van der Waals surface area contributed by atoms with Gasteiger partial charge in [-0.15, -0.1) is 0 Å². The zero-order valence-electron chi connectivity index (χ0n) is 17.5. The lowest BCUT2D eigenvalue weighted by Gasteiger charge is -2.20. The number of rotatable bonds is 4. The summed E-state index contributed by atoms with van der Waals surface area (Å²) in [6, 6.07) is 11.5. The van der Waals surface area contributed by atoms with Crippen LogP contribution in [0.25, 0.3) is 28.2 Å². The van der Waals surface area contributed by atoms with Crippen molar-refractivity contribution in [1.82, 2.24) is 24.2 Å². The first-order chi connectivity index (χ1) is 15.1. The molecule has 1 N–H and O–H groups in total. The third-order valence-corrected chi connectivity index (χ3v) is 6.24. The maximum atomic E-state index is 13.9. The highest BCUT2D eigenvalue weighted by Crippen LogP contribution is 2.34. The maximum Gasteiger partial charge on any atom is 0.242 e. The van der Waals surface area contributed by atoms with E-state index in [2.05, 4.69) is 25.7 Å². The first-order valence-electron chi connectivity index (χ1n) is 9.62. The van der Waals surface area contributed by atoms with E-state index in [4.69, 9.17) is 0 Å². The Hall–Kier alpha value is -3.68. The Labute approximate surface area is 184 Å². The van der Waals surface area contributed by atoms with Crippen LogP contribution in [0, 0.1) is 17.1 Å². The van der Waals surface area contributed by atoms with Gasteiger partial charge in [0.2, 0.25) is 10.0 Å². The van der Waals surface area contributed by atoms with E-state index < -0.39 is 21.4 Å². The van der Waals surface area contributed by atoms with Crippen LogP contribution in [0.2, 0.25) is 0 Å². The Morgan fingerprint density at radius 1 is 1.09 bits per heavy atom. The molecule has 0 aliphatic carbocycles. The molecule has 4 rings (SSSR count). The fraction of sp³-hybridized carbons (Fsp3) is 0.182. The Morgan fingerprint density at radius 2 is 1.88 bits per heavy atom. The summed E-state index contributed by atoms with van der Waals surface area (Å²) >= 11 is 0. The molecule has 4 aromatic heterocycles. The molecule has 0 aromatic carbocycles. The lowest BCUT2D eigenvalue weighted by atomic mass is 10.1. The zero-order chi connectivity index (χ0) is 23.1.